The summed E-state index contributed by atoms with van der Waals surface area (Å²) in [5.74, 6) is 1.31. The number of thiazole rings is 1. The number of likely N-dealkylation sites (tertiary alicyclic amines) is 1. The first-order valence-corrected chi connectivity index (χ1v) is 12.3. The van der Waals surface area contributed by atoms with Crippen LogP contribution in [0.15, 0.2) is 23.7 Å². The summed E-state index contributed by atoms with van der Waals surface area (Å²) in [6.45, 7) is 13.0. The van der Waals surface area contributed by atoms with Gasteiger partial charge in [0.25, 0.3) is 0 Å². The lowest BCUT2D eigenvalue weighted by Crippen LogP contribution is -2.46. The number of hydrogen-bond acceptors (Lipinski definition) is 7. The first-order chi connectivity index (χ1) is 15.1. The van der Waals surface area contributed by atoms with E-state index in [4.69, 9.17) is 0 Å². The average molecular weight is 443 g/mol. The first kappa shape index (κ1) is 22.2. The van der Waals surface area contributed by atoms with Gasteiger partial charge in [-0.2, -0.15) is 0 Å². The second-order valence-electron chi connectivity index (χ2n) is 8.57. The van der Waals surface area contributed by atoms with Gasteiger partial charge in [-0.3, -0.25) is 9.69 Å². The Morgan fingerprint density at radius 3 is 2.52 bits per heavy atom. The number of hydrogen-bond donors (Lipinski definition) is 1. The fourth-order valence-corrected chi connectivity index (χ4v) is 5.00. The second-order valence-corrected chi connectivity index (χ2v) is 9.63. The van der Waals surface area contributed by atoms with E-state index in [0.29, 0.717) is 6.54 Å². The number of carbonyl (C=O) groups excluding carboxylic acids is 1. The van der Waals surface area contributed by atoms with Gasteiger partial charge in [-0.05, 0) is 51.0 Å². The molecule has 1 N–H and O–H groups in total. The highest BCUT2D eigenvalue weighted by Crippen LogP contribution is 2.20. The van der Waals surface area contributed by atoms with Crippen LogP contribution in [0.1, 0.15) is 36.0 Å². The number of aryl methyl sites for hydroxylation is 1. The van der Waals surface area contributed by atoms with Crippen molar-refractivity contribution in [3.8, 4) is 0 Å². The van der Waals surface area contributed by atoms with Gasteiger partial charge < -0.3 is 15.1 Å². The molecule has 2 saturated heterocycles. The Kier molecular flexibility index (Phi) is 7.53. The Morgan fingerprint density at radius 2 is 1.90 bits per heavy atom. The molecule has 0 aliphatic carbocycles. The molecule has 2 aromatic heterocycles. The molecule has 2 aromatic rings. The van der Waals surface area contributed by atoms with Gasteiger partial charge >= 0.3 is 0 Å². The third-order valence-corrected chi connectivity index (χ3v) is 7.25. The molecule has 0 bridgehead atoms. The van der Waals surface area contributed by atoms with Gasteiger partial charge in [-0.25, -0.2) is 9.97 Å². The molecule has 31 heavy (non-hydrogen) atoms. The SMILES string of the molecule is CCN1CCN(c2ccc(CNC(=O)C3CCN(Cc4csc(C)n4)CC3)cn2)CC1. The van der Waals surface area contributed by atoms with Gasteiger partial charge in [-0.1, -0.05) is 13.0 Å². The molecule has 2 aliphatic heterocycles. The molecule has 1 amide bonds. The van der Waals surface area contributed by atoms with E-state index in [1.807, 2.05) is 13.1 Å². The molecule has 2 fully saturated rings. The topological polar surface area (TPSA) is 64.6 Å². The van der Waals surface area contributed by atoms with Crippen molar-refractivity contribution >= 4 is 23.1 Å². The number of nitrogens with one attached hydrogen (secondary N) is 1. The van der Waals surface area contributed by atoms with E-state index in [1.54, 1.807) is 11.3 Å². The molecule has 0 aromatic carbocycles. The highest BCUT2D eigenvalue weighted by molar-refractivity contribution is 7.09. The van der Waals surface area contributed by atoms with Crippen molar-refractivity contribution in [2.24, 2.45) is 5.92 Å². The zero-order valence-electron chi connectivity index (χ0n) is 18.7. The molecule has 168 valence electrons. The number of rotatable bonds is 7. The lowest BCUT2D eigenvalue weighted by Gasteiger charge is -2.34. The van der Waals surface area contributed by atoms with Gasteiger partial charge in [0.15, 0.2) is 0 Å². The second kappa shape index (κ2) is 10.5. The van der Waals surface area contributed by atoms with Crippen molar-refractivity contribution < 1.29 is 4.79 Å². The van der Waals surface area contributed by atoms with Crippen LogP contribution in [0.25, 0.3) is 0 Å². The molecule has 0 unspecified atom stereocenters. The summed E-state index contributed by atoms with van der Waals surface area (Å²) in [4.78, 5) is 29.0. The Labute approximate surface area is 189 Å². The average Bonchev–Trinajstić information content (AvgIpc) is 3.23. The Morgan fingerprint density at radius 1 is 1.13 bits per heavy atom. The molecule has 8 heteroatoms. The largest absolute Gasteiger partial charge is 0.354 e. The van der Waals surface area contributed by atoms with Crippen molar-refractivity contribution in [1.82, 2.24) is 25.1 Å². The number of nitrogens with zero attached hydrogens (tertiary/aromatic N) is 5. The van der Waals surface area contributed by atoms with Crippen LogP contribution in [-0.4, -0.2) is 71.5 Å². The number of pyridine rings is 1. The predicted octanol–water partition coefficient (Wildman–Crippen LogP) is 2.52. The zero-order chi connectivity index (χ0) is 21.6. The number of anilines is 1. The summed E-state index contributed by atoms with van der Waals surface area (Å²) in [6.07, 6.45) is 3.73. The zero-order valence-corrected chi connectivity index (χ0v) is 19.5. The minimum absolute atomic E-state index is 0.107. The molecule has 2 aliphatic rings. The minimum Gasteiger partial charge on any atom is -0.354 e. The summed E-state index contributed by atoms with van der Waals surface area (Å²) < 4.78 is 0. The number of amides is 1. The maximum atomic E-state index is 12.6. The highest BCUT2D eigenvalue weighted by atomic mass is 32.1. The van der Waals surface area contributed by atoms with Gasteiger partial charge in [0.1, 0.15) is 5.82 Å². The van der Waals surface area contributed by atoms with Crippen molar-refractivity contribution in [2.45, 2.75) is 39.8 Å². The van der Waals surface area contributed by atoms with E-state index in [0.717, 1.165) is 87.3 Å². The van der Waals surface area contributed by atoms with E-state index in [-0.39, 0.29) is 11.8 Å². The van der Waals surface area contributed by atoms with Gasteiger partial charge in [0.05, 0.1) is 10.7 Å². The minimum atomic E-state index is 0.107. The maximum absolute atomic E-state index is 12.6. The van der Waals surface area contributed by atoms with Gasteiger partial charge in [0, 0.05) is 56.8 Å². The fraction of sp³-hybridized carbons (Fsp3) is 0.609. The van der Waals surface area contributed by atoms with Crippen LogP contribution in [0.3, 0.4) is 0 Å². The van der Waals surface area contributed by atoms with Crippen molar-refractivity contribution in [2.75, 3.05) is 50.7 Å². The number of likely N-dealkylation sites (N-methyl/N-ethyl adjacent to an activating group) is 1. The van der Waals surface area contributed by atoms with Crippen LogP contribution >= 0.6 is 11.3 Å². The van der Waals surface area contributed by atoms with Crippen LogP contribution in [-0.2, 0) is 17.9 Å². The van der Waals surface area contributed by atoms with Crippen molar-refractivity contribution in [3.63, 3.8) is 0 Å². The molecular formula is C23H34N6OS. The van der Waals surface area contributed by atoms with Gasteiger partial charge in [-0.15, -0.1) is 11.3 Å². The lowest BCUT2D eigenvalue weighted by molar-refractivity contribution is -0.126. The molecule has 7 nitrogen and oxygen atoms in total. The highest BCUT2D eigenvalue weighted by Gasteiger charge is 2.25. The molecule has 4 rings (SSSR count). The van der Waals surface area contributed by atoms with Crippen LogP contribution in [0.2, 0.25) is 0 Å². The predicted molar refractivity (Wildman–Crippen MR) is 125 cm³/mol. The number of aromatic nitrogens is 2. The van der Waals surface area contributed by atoms with Crippen LogP contribution in [0.4, 0.5) is 5.82 Å². The van der Waals surface area contributed by atoms with E-state index in [2.05, 4.69) is 54.4 Å². The normalized spacial score (nSPS) is 19.0. The summed E-state index contributed by atoms with van der Waals surface area (Å²) in [7, 11) is 0. The standard InChI is InChI=1S/C23H34N6OS/c1-3-27-10-12-29(13-11-27)22-5-4-19(14-24-22)15-25-23(30)20-6-8-28(9-7-20)16-21-17-31-18(2)26-21/h4-5,14,17,20H,3,6-13,15-16H2,1-2H3,(H,25,30). The van der Waals surface area contributed by atoms with Crippen molar-refractivity contribution in [3.05, 3.63) is 40.0 Å². The molecule has 4 heterocycles. The van der Waals surface area contributed by atoms with E-state index in [1.165, 1.54) is 0 Å². The number of piperidine rings is 1. The molecule has 0 radical (unpaired) electrons. The third-order valence-electron chi connectivity index (χ3n) is 6.43. The molecule has 0 saturated carbocycles. The fourth-order valence-electron chi connectivity index (χ4n) is 4.40. The van der Waals surface area contributed by atoms with Crippen LogP contribution in [0.5, 0.6) is 0 Å². The number of piperazine rings is 1. The number of carbonyl (C=O) groups is 1. The molecular weight excluding hydrogens is 408 g/mol. The third kappa shape index (κ3) is 6.02. The monoisotopic (exact) mass is 442 g/mol. The van der Waals surface area contributed by atoms with E-state index < -0.39 is 0 Å². The maximum Gasteiger partial charge on any atom is 0.223 e. The van der Waals surface area contributed by atoms with Crippen molar-refractivity contribution in [1.29, 1.82) is 0 Å². The summed E-state index contributed by atoms with van der Waals surface area (Å²) in [5.41, 5.74) is 2.20. The Bertz CT molecular complexity index is 838. The van der Waals surface area contributed by atoms with E-state index in [9.17, 15) is 4.79 Å². The summed E-state index contributed by atoms with van der Waals surface area (Å²) >= 11 is 1.70. The van der Waals surface area contributed by atoms with Gasteiger partial charge in [0.2, 0.25) is 5.91 Å². The first-order valence-electron chi connectivity index (χ1n) is 11.4. The van der Waals surface area contributed by atoms with Crippen LogP contribution in [0, 0.1) is 12.8 Å². The summed E-state index contributed by atoms with van der Waals surface area (Å²) in [5, 5.41) is 6.37. The Hall–Kier alpha value is -2.03. The quantitative estimate of drug-likeness (QED) is 0.711. The van der Waals surface area contributed by atoms with E-state index >= 15 is 0 Å². The lowest BCUT2D eigenvalue weighted by atomic mass is 9.95. The molecule has 0 atom stereocenters. The smallest absolute Gasteiger partial charge is 0.223 e. The Balaban J connectivity index is 1.18. The summed E-state index contributed by atoms with van der Waals surface area (Å²) in [6, 6.07) is 4.18. The molecule has 0 spiro atoms. The van der Waals surface area contributed by atoms with Crippen LogP contribution < -0.4 is 10.2 Å².